The normalized spacial score (nSPS) is 7.75. The third kappa shape index (κ3) is 2.61. The van der Waals surface area contributed by atoms with Crippen molar-refractivity contribution in [2.24, 2.45) is 0 Å². The molecule has 0 saturated heterocycles. The van der Waals surface area contributed by atoms with Crippen molar-refractivity contribution in [2.75, 3.05) is 0 Å². The Bertz CT molecular complexity index is 101. The van der Waals surface area contributed by atoms with E-state index in [4.69, 9.17) is 23.6 Å². The van der Waals surface area contributed by atoms with Crippen LogP contribution in [0.4, 0.5) is 0 Å². The van der Waals surface area contributed by atoms with Gasteiger partial charge in [0.05, 0.1) is 0 Å². The molecule has 0 saturated carbocycles. The van der Waals surface area contributed by atoms with Gasteiger partial charge in [-0.2, -0.15) is 0 Å². The summed E-state index contributed by atoms with van der Waals surface area (Å²) in [6.07, 6.45) is 0. The Morgan fingerprint density at radius 3 is 1.38 bits per heavy atom. The van der Waals surface area contributed by atoms with Crippen LogP contribution in [0.5, 0.6) is 0 Å². The van der Waals surface area contributed by atoms with E-state index in [0.29, 0.717) is 0 Å². The fourth-order valence-electron chi connectivity index (χ4n) is 0.0858. The fourth-order valence-corrected chi connectivity index (χ4v) is 0.489. The topological polar surface area (TPSA) is 24.1 Å². The van der Waals surface area contributed by atoms with Gasteiger partial charge in [0.25, 0.3) is 0 Å². The molecule has 0 heterocycles. The van der Waals surface area contributed by atoms with Gasteiger partial charge in [0.2, 0.25) is 0 Å². The van der Waals surface area contributed by atoms with E-state index in [1.807, 2.05) is 0 Å². The first-order valence-corrected chi connectivity index (χ1v) is 3.11. The highest BCUT2D eigenvalue weighted by molar-refractivity contribution is 7.89. The summed E-state index contributed by atoms with van der Waals surface area (Å²) in [6, 6.07) is 0. The lowest BCUT2D eigenvalue weighted by Gasteiger charge is -1.96. The highest BCUT2D eigenvalue weighted by Crippen LogP contribution is 1.79. The average Bonchev–Trinajstić information content (AvgIpc) is 1.84. The molecule has 46 valence electrons. The van der Waals surface area contributed by atoms with Gasteiger partial charge in [0.1, 0.15) is 9.98 Å². The number of hydrogen-bond acceptors (Lipinski definition) is 2. The van der Waals surface area contributed by atoms with Crippen molar-refractivity contribution in [1.82, 2.24) is 9.67 Å². The summed E-state index contributed by atoms with van der Waals surface area (Å²) < 4.78 is 0. The van der Waals surface area contributed by atoms with E-state index >= 15 is 0 Å². The van der Waals surface area contributed by atoms with Crippen molar-refractivity contribution < 1.29 is 0 Å². The molecule has 0 aromatic carbocycles. The number of thiocarbonyl (C=S) groups is 2. The largest absolute Gasteiger partial charge is 0.286 e. The molecule has 0 rings (SSSR count). The lowest BCUT2D eigenvalue weighted by Crippen LogP contribution is -2.27. The molecular weight excluding hydrogens is 187 g/mol. The molecule has 0 aromatic heterocycles. The fraction of sp³-hybridized carbons (Fsp3) is 0. The van der Waals surface area contributed by atoms with Gasteiger partial charge < -0.3 is 0 Å². The van der Waals surface area contributed by atoms with Crippen LogP contribution in [-0.4, -0.2) is 9.98 Å². The van der Waals surface area contributed by atoms with E-state index in [9.17, 15) is 0 Å². The Balaban J connectivity index is 3.64. The van der Waals surface area contributed by atoms with Crippen LogP contribution < -0.4 is 9.67 Å². The number of nitrogens with one attached hydrogen (secondary N) is 2. The molecule has 0 spiro atoms. The van der Waals surface area contributed by atoms with Crippen LogP contribution in [0.3, 0.4) is 0 Å². The molecule has 0 atom stereocenters. The van der Waals surface area contributed by atoms with Gasteiger partial charge in [-0.15, -0.1) is 0 Å². The van der Waals surface area contributed by atoms with Crippen LogP contribution in [0, 0.1) is 0 Å². The predicted octanol–water partition coefficient (Wildman–Crippen LogP) is 1.13. The summed E-state index contributed by atoms with van der Waals surface area (Å²) in [5, 5.41) is 0. The molecule has 0 radical (unpaired) electrons. The molecule has 8 heavy (non-hydrogen) atoms. The highest BCUT2D eigenvalue weighted by Gasteiger charge is 1.97. The number of rotatable bonds is 0. The molecule has 0 bridgehead atoms. The maximum atomic E-state index is 5.05. The van der Waals surface area contributed by atoms with Crippen LogP contribution in [-0.2, 0) is 0 Å². The van der Waals surface area contributed by atoms with Crippen molar-refractivity contribution in [1.29, 1.82) is 0 Å². The van der Waals surface area contributed by atoms with Gasteiger partial charge in [0.15, 0.2) is 0 Å². The lowest BCUT2D eigenvalue weighted by atomic mass is 10.7. The van der Waals surface area contributed by atoms with Crippen molar-refractivity contribution in [3.63, 3.8) is 0 Å². The lowest BCUT2D eigenvalue weighted by molar-refractivity contribution is 1.53. The Kier molecular flexibility index (Phi) is 4.45. The molecule has 0 fully saturated rings. The second kappa shape index (κ2) is 4.26. The highest BCUT2D eigenvalue weighted by atomic mass is 35.5. The Morgan fingerprint density at radius 2 is 1.25 bits per heavy atom. The van der Waals surface area contributed by atoms with Crippen LogP contribution in [0.25, 0.3) is 0 Å². The summed E-state index contributed by atoms with van der Waals surface area (Å²) in [4.78, 5) is 4.70. The maximum Gasteiger partial charge on any atom is 0.149 e. The van der Waals surface area contributed by atoms with Crippen LogP contribution in [0.2, 0.25) is 0 Å². The average molecular weight is 189 g/mol. The van der Waals surface area contributed by atoms with Crippen molar-refractivity contribution in [3.8, 4) is 0 Å². The minimum Gasteiger partial charge on any atom is -0.286 e. The third-order valence-electron chi connectivity index (χ3n) is 0.378. The van der Waals surface area contributed by atoms with Gasteiger partial charge >= 0.3 is 0 Å². The van der Waals surface area contributed by atoms with E-state index in [1.54, 1.807) is 0 Å². The van der Waals surface area contributed by atoms with E-state index in [2.05, 4.69) is 34.1 Å². The summed E-state index contributed by atoms with van der Waals surface area (Å²) in [5.41, 5.74) is 0. The Morgan fingerprint density at radius 1 is 1.00 bits per heavy atom. The summed E-state index contributed by atoms with van der Waals surface area (Å²) in [6.45, 7) is 0. The van der Waals surface area contributed by atoms with Crippen molar-refractivity contribution in [2.45, 2.75) is 0 Å². The second-order valence-electron chi connectivity index (χ2n) is 0.847. The van der Waals surface area contributed by atoms with E-state index in [0.717, 1.165) is 0 Å². The van der Waals surface area contributed by atoms with E-state index in [1.165, 1.54) is 0 Å². The molecule has 2 N–H and O–H groups in total. The van der Waals surface area contributed by atoms with Crippen molar-refractivity contribution in [3.05, 3.63) is 0 Å². The zero-order valence-electron chi connectivity index (χ0n) is 3.57. The van der Waals surface area contributed by atoms with Crippen LogP contribution in [0.15, 0.2) is 0 Å². The Labute approximate surface area is 67.8 Å². The molecule has 0 aromatic rings. The first-order valence-electron chi connectivity index (χ1n) is 1.54. The van der Waals surface area contributed by atoms with Crippen LogP contribution in [0.1, 0.15) is 0 Å². The molecule has 0 amide bonds. The molecule has 0 unspecified atom stereocenters. The van der Waals surface area contributed by atoms with Gasteiger partial charge in [-0.05, 0) is 0 Å². The van der Waals surface area contributed by atoms with Gasteiger partial charge in [-0.1, -0.05) is 24.4 Å². The standard InChI is InChI=1S/C2H2Cl2N2S2/c3-5-1(7)2(8)6-4/h(H,5,7)(H,6,8). The SMILES string of the molecule is S=C(NCl)C(=S)NCl. The minimum atomic E-state index is 0.219. The number of hydrogen-bond donors (Lipinski definition) is 2. The zero-order valence-corrected chi connectivity index (χ0v) is 6.72. The zero-order chi connectivity index (χ0) is 6.57. The van der Waals surface area contributed by atoms with E-state index in [-0.39, 0.29) is 9.98 Å². The van der Waals surface area contributed by atoms with Gasteiger partial charge in [-0.3, -0.25) is 9.67 Å². The molecule has 6 heteroatoms. The van der Waals surface area contributed by atoms with Crippen molar-refractivity contribution >= 4 is 58.0 Å². The Hall–Kier alpha value is 0.360. The quantitative estimate of drug-likeness (QED) is 0.440. The second-order valence-corrected chi connectivity index (χ2v) is 2.04. The smallest absolute Gasteiger partial charge is 0.149 e. The first-order chi connectivity index (χ1) is 3.72. The van der Waals surface area contributed by atoms with E-state index < -0.39 is 0 Å². The third-order valence-corrected chi connectivity index (χ3v) is 1.72. The van der Waals surface area contributed by atoms with Gasteiger partial charge in [0, 0.05) is 23.6 Å². The first kappa shape index (κ1) is 8.36. The molecule has 0 aliphatic heterocycles. The summed E-state index contributed by atoms with van der Waals surface area (Å²) >= 11 is 19.2. The number of halogens is 2. The van der Waals surface area contributed by atoms with Gasteiger partial charge in [-0.25, -0.2) is 0 Å². The van der Waals surface area contributed by atoms with Crippen LogP contribution >= 0.6 is 48.0 Å². The maximum absolute atomic E-state index is 5.05. The summed E-state index contributed by atoms with van der Waals surface area (Å²) in [7, 11) is 0. The summed E-state index contributed by atoms with van der Waals surface area (Å²) in [5.74, 6) is 0. The minimum absolute atomic E-state index is 0.219. The monoisotopic (exact) mass is 188 g/mol. The molecule has 2 nitrogen and oxygen atoms in total. The molecular formula is C2H2Cl2N2S2. The predicted molar refractivity (Wildman–Crippen MR) is 43.2 cm³/mol. The molecule has 0 aliphatic carbocycles. The molecule has 0 aliphatic rings.